The maximum absolute atomic E-state index is 13.1. The van der Waals surface area contributed by atoms with E-state index in [-0.39, 0.29) is 5.52 Å². The van der Waals surface area contributed by atoms with Gasteiger partial charge in [0.05, 0.1) is 11.2 Å². The van der Waals surface area contributed by atoms with Gasteiger partial charge in [0.1, 0.15) is 5.52 Å². The van der Waals surface area contributed by atoms with E-state index >= 15 is 0 Å². The van der Waals surface area contributed by atoms with Crippen molar-refractivity contribution in [1.82, 2.24) is 9.97 Å². The summed E-state index contributed by atoms with van der Waals surface area (Å²) in [4.78, 5) is 7.77. The summed E-state index contributed by atoms with van der Waals surface area (Å²) in [5, 5.41) is 0. The predicted molar refractivity (Wildman–Crippen MR) is 44.2 cm³/mol. The Morgan fingerprint density at radius 1 is 1.23 bits per heavy atom. The number of nitrogens with zero attached hydrogens (tertiary/aromatic N) is 2. The van der Waals surface area contributed by atoms with Crippen LogP contribution in [0.5, 0.6) is 0 Å². The minimum absolute atomic E-state index is 0.0139. The molecule has 0 unspecified atom stereocenters. The number of hydrogen-bond donors (Lipinski definition) is 0. The molecule has 2 rings (SSSR count). The molecule has 0 spiro atoms. The number of fused-ring (bicyclic) bond motifs is 1. The number of benzene rings is 1. The lowest BCUT2D eigenvalue weighted by atomic mass is 10.2. The summed E-state index contributed by atoms with van der Waals surface area (Å²) in [6, 6.07) is 2.45. The summed E-state index contributed by atoms with van der Waals surface area (Å²) in [6.07, 6.45) is 1.51. The molecule has 1 aromatic heterocycles. The van der Waals surface area contributed by atoms with Crippen molar-refractivity contribution in [3.63, 3.8) is 0 Å². The molecule has 0 atom stereocenters. The normalized spacial score (nSPS) is 10.7. The van der Waals surface area contributed by atoms with Crippen molar-refractivity contribution in [2.75, 3.05) is 0 Å². The van der Waals surface area contributed by atoms with Crippen LogP contribution in [0.3, 0.4) is 0 Å². The summed E-state index contributed by atoms with van der Waals surface area (Å²) in [6.45, 7) is 1.68. The second-order valence-electron chi connectivity index (χ2n) is 2.74. The van der Waals surface area contributed by atoms with Crippen LogP contribution in [0.15, 0.2) is 18.3 Å². The van der Waals surface area contributed by atoms with Gasteiger partial charge < -0.3 is 0 Å². The van der Waals surface area contributed by atoms with Crippen molar-refractivity contribution in [1.29, 1.82) is 0 Å². The van der Waals surface area contributed by atoms with Crippen LogP contribution in [0.1, 0.15) is 5.69 Å². The standard InChI is InChI=1S/C9H6F2N2/c1-5-4-12-7-3-2-6(10)8(11)9(7)13-5/h2-4H,1H3. The number of aromatic nitrogens is 2. The van der Waals surface area contributed by atoms with Crippen LogP contribution < -0.4 is 0 Å². The maximum atomic E-state index is 13.1. The van der Waals surface area contributed by atoms with Gasteiger partial charge in [-0.2, -0.15) is 0 Å². The fourth-order valence-electron chi connectivity index (χ4n) is 1.11. The first-order valence-electron chi connectivity index (χ1n) is 3.76. The summed E-state index contributed by atoms with van der Waals surface area (Å²) in [5.74, 6) is -1.83. The summed E-state index contributed by atoms with van der Waals surface area (Å²) in [7, 11) is 0. The van der Waals surface area contributed by atoms with E-state index in [4.69, 9.17) is 0 Å². The van der Waals surface area contributed by atoms with Gasteiger partial charge in [0.2, 0.25) is 0 Å². The Bertz CT molecular complexity index is 463. The van der Waals surface area contributed by atoms with E-state index in [1.54, 1.807) is 6.92 Å². The molecule has 0 bridgehead atoms. The fraction of sp³-hybridized carbons (Fsp3) is 0.111. The first-order valence-corrected chi connectivity index (χ1v) is 3.76. The van der Waals surface area contributed by atoms with Crippen molar-refractivity contribution >= 4 is 11.0 Å². The Kier molecular flexibility index (Phi) is 1.69. The molecule has 0 aliphatic rings. The Morgan fingerprint density at radius 2 is 2.00 bits per heavy atom. The first kappa shape index (κ1) is 8.04. The molecular weight excluding hydrogens is 174 g/mol. The molecule has 2 aromatic rings. The molecule has 0 aliphatic heterocycles. The minimum Gasteiger partial charge on any atom is -0.253 e. The van der Waals surface area contributed by atoms with Crippen LogP contribution in [0.2, 0.25) is 0 Å². The minimum atomic E-state index is -0.936. The maximum Gasteiger partial charge on any atom is 0.186 e. The van der Waals surface area contributed by atoms with Gasteiger partial charge in [-0.3, -0.25) is 4.98 Å². The zero-order valence-corrected chi connectivity index (χ0v) is 6.88. The highest BCUT2D eigenvalue weighted by Crippen LogP contribution is 2.16. The third-order valence-electron chi connectivity index (χ3n) is 1.73. The van der Waals surface area contributed by atoms with Crippen molar-refractivity contribution in [2.24, 2.45) is 0 Å². The van der Waals surface area contributed by atoms with E-state index in [1.807, 2.05) is 0 Å². The zero-order valence-electron chi connectivity index (χ0n) is 6.88. The molecule has 13 heavy (non-hydrogen) atoms. The van der Waals surface area contributed by atoms with Gasteiger partial charge in [-0.15, -0.1) is 0 Å². The smallest absolute Gasteiger partial charge is 0.186 e. The molecule has 0 saturated carbocycles. The van der Waals surface area contributed by atoms with Gasteiger partial charge in [-0.25, -0.2) is 13.8 Å². The SMILES string of the molecule is Cc1cnc2ccc(F)c(F)c2n1. The summed E-state index contributed by atoms with van der Waals surface area (Å²) < 4.78 is 25.8. The Balaban J connectivity index is 2.89. The quantitative estimate of drug-likeness (QED) is 0.621. The molecule has 4 heteroatoms. The van der Waals surface area contributed by atoms with Crippen LogP contribution in [0.25, 0.3) is 11.0 Å². The highest BCUT2D eigenvalue weighted by Gasteiger charge is 2.08. The third kappa shape index (κ3) is 1.24. The van der Waals surface area contributed by atoms with Crippen LogP contribution in [-0.2, 0) is 0 Å². The zero-order chi connectivity index (χ0) is 9.42. The van der Waals surface area contributed by atoms with E-state index < -0.39 is 11.6 Å². The number of rotatable bonds is 0. The molecule has 0 aliphatic carbocycles. The average molecular weight is 180 g/mol. The number of aryl methyl sites for hydroxylation is 1. The second kappa shape index (κ2) is 2.73. The van der Waals surface area contributed by atoms with E-state index in [0.717, 1.165) is 6.07 Å². The molecule has 0 fully saturated rings. The van der Waals surface area contributed by atoms with E-state index in [0.29, 0.717) is 11.2 Å². The van der Waals surface area contributed by atoms with Crippen LogP contribution in [0.4, 0.5) is 8.78 Å². The molecule has 0 saturated heterocycles. The number of halogens is 2. The molecule has 0 radical (unpaired) electrons. The topological polar surface area (TPSA) is 25.8 Å². The van der Waals surface area contributed by atoms with E-state index in [2.05, 4.69) is 9.97 Å². The van der Waals surface area contributed by atoms with Gasteiger partial charge in [0.15, 0.2) is 11.6 Å². The van der Waals surface area contributed by atoms with Gasteiger partial charge in [-0.1, -0.05) is 0 Å². The Morgan fingerprint density at radius 3 is 2.77 bits per heavy atom. The lowest BCUT2D eigenvalue weighted by molar-refractivity contribution is 0.515. The molecule has 1 aromatic carbocycles. The summed E-state index contributed by atoms with van der Waals surface area (Å²) >= 11 is 0. The number of hydrogen-bond acceptors (Lipinski definition) is 2. The third-order valence-corrected chi connectivity index (χ3v) is 1.73. The molecular formula is C9H6F2N2. The fourth-order valence-corrected chi connectivity index (χ4v) is 1.11. The van der Waals surface area contributed by atoms with E-state index in [9.17, 15) is 8.78 Å². The first-order chi connectivity index (χ1) is 6.18. The van der Waals surface area contributed by atoms with Gasteiger partial charge in [0.25, 0.3) is 0 Å². The lowest BCUT2D eigenvalue weighted by Crippen LogP contribution is -1.93. The van der Waals surface area contributed by atoms with Crippen LogP contribution >= 0.6 is 0 Å². The highest BCUT2D eigenvalue weighted by atomic mass is 19.2. The van der Waals surface area contributed by atoms with Gasteiger partial charge in [0, 0.05) is 6.20 Å². The molecule has 66 valence electrons. The average Bonchev–Trinajstić information content (AvgIpc) is 2.12. The van der Waals surface area contributed by atoms with Crippen molar-refractivity contribution in [3.8, 4) is 0 Å². The van der Waals surface area contributed by atoms with E-state index in [1.165, 1.54) is 12.3 Å². The second-order valence-corrected chi connectivity index (χ2v) is 2.74. The van der Waals surface area contributed by atoms with Crippen molar-refractivity contribution < 1.29 is 8.78 Å². The monoisotopic (exact) mass is 180 g/mol. The lowest BCUT2D eigenvalue weighted by Gasteiger charge is -1.99. The molecule has 0 N–H and O–H groups in total. The van der Waals surface area contributed by atoms with Gasteiger partial charge >= 0.3 is 0 Å². The van der Waals surface area contributed by atoms with Gasteiger partial charge in [-0.05, 0) is 19.1 Å². The van der Waals surface area contributed by atoms with Crippen LogP contribution in [-0.4, -0.2) is 9.97 Å². The summed E-state index contributed by atoms with van der Waals surface area (Å²) in [5.41, 5.74) is 0.918. The predicted octanol–water partition coefficient (Wildman–Crippen LogP) is 2.22. The molecule has 1 heterocycles. The Hall–Kier alpha value is -1.58. The molecule has 0 amide bonds. The van der Waals surface area contributed by atoms with Crippen molar-refractivity contribution in [2.45, 2.75) is 6.92 Å². The van der Waals surface area contributed by atoms with Crippen molar-refractivity contribution in [3.05, 3.63) is 35.7 Å². The highest BCUT2D eigenvalue weighted by molar-refractivity contribution is 5.74. The molecule has 2 nitrogen and oxygen atoms in total. The Labute approximate surface area is 73.2 Å². The van der Waals surface area contributed by atoms with Crippen LogP contribution in [0, 0.1) is 18.6 Å². The largest absolute Gasteiger partial charge is 0.253 e.